The topological polar surface area (TPSA) is 21.3 Å². The van der Waals surface area contributed by atoms with Crippen LogP contribution in [0.3, 0.4) is 0 Å². The Hall–Kier alpha value is -0.710. The first-order valence-electron chi connectivity index (χ1n) is 7.23. The van der Waals surface area contributed by atoms with Crippen molar-refractivity contribution in [2.45, 2.75) is 16.2 Å². The number of halogens is 2. The highest BCUT2D eigenvalue weighted by atomic mass is 35.5. The van der Waals surface area contributed by atoms with Crippen LogP contribution in [0.5, 0.6) is 0 Å². The van der Waals surface area contributed by atoms with Gasteiger partial charge >= 0.3 is 0 Å². The number of rotatable bonds is 4. The third-order valence-electron chi connectivity index (χ3n) is 3.59. The van der Waals surface area contributed by atoms with Gasteiger partial charge in [-0.2, -0.15) is 0 Å². The van der Waals surface area contributed by atoms with E-state index in [0.717, 1.165) is 24.6 Å². The van der Waals surface area contributed by atoms with Crippen molar-refractivity contribution in [1.29, 1.82) is 0 Å². The molecule has 1 fully saturated rings. The second-order valence-electron chi connectivity index (χ2n) is 5.11. The van der Waals surface area contributed by atoms with Crippen LogP contribution >= 0.6 is 35.0 Å². The molecule has 5 heteroatoms. The molecule has 3 rings (SSSR count). The summed E-state index contributed by atoms with van der Waals surface area (Å²) in [7, 11) is 0. The molecule has 1 aliphatic heterocycles. The molecule has 116 valence electrons. The normalized spacial score (nSPS) is 19.8. The summed E-state index contributed by atoms with van der Waals surface area (Å²) in [5.74, 6) is 0. The van der Waals surface area contributed by atoms with Gasteiger partial charge in [0.15, 0.2) is 0 Å². The van der Waals surface area contributed by atoms with Gasteiger partial charge in [-0.15, -0.1) is 11.8 Å². The van der Waals surface area contributed by atoms with E-state index in [2.05, 4.69) is 17.4 Å². The van der Waals surface area contributed by atoms with E-state index in [1.807, 2.05) is 36.4 Å². The van der Waals surface area contributed by atoms with E-state index in [4.69, 9.17) is 27.9 Å². The maximum Gasteiger partial charge on any atom is 0.0862 e. The smallest absolute Gasteiger partial charge is 0.0862 e. The second kappa shape index (κ2) is 7.71. The summed E-state index contributed by atoms with van der Waals surface area (Å²) >= 11 is 14.3. The Morgan fingerprint density at radius 3 is 2.41 bits per heavy atom. The van der Waals surface area contributed by atoms with Crippen molar-refractivity contribution >= 4 is 35.0 Å². The van der Waals surface area contributed by atoms with Crippen LogP contribution in [0.25, 0.3) is 0 Å². The summed E-state index contributed by atoms with van der Waals surface area (Å²) in [4.78, 5) is 0.911. The SMILES string of the molecule is Clc1cccc(Cl)c1S[C@H](c1ccccc1)[C@H]1CNCCO1. The molecule has 2 atom stereocenters. The predicted molar refractivity (Wildman–Crippen MR) is 94.1 cm³/mol. The number of hydrogen-bond acceptors (Lipinski definition) is 3. The summed E-state index contributed by atoms with van der Waals surface area (Å²) in [6.07, 6.45) is 0.0912. The van der Waals surface area contributed by atoms with E-state index >= 15 is 0 Å². The third-order valence-corrected chi connectivity index (χ3v) is 5.95. The molecule has 1 N–H and O–H groups in total. The minimum Gasteiger partial charge on any atom is -0.374 e. The van der Waals surface area contributed by atoms with Gasteiger partial charge in [0.1, 0.15) is 0 Å². The standard InChI is InChI=1S/C17H17Cl2NOS/c18-13-7-4-8-14(19)17(13)22-16(12-5-2-1-3-6-12)15-11-20-9-10-21-15/h1-8,15-16,20H,9-11H2/t15-,16-/m1/s1. The molecule has 1 heterocycles. The van der Waals surface area contributed by atoms with E-state index in [1.165, 1.54) is 5.56 Å². The molecule has 0 bridgehead atoms. The molecule has 0 aliphatic carbocycles. The average molecular weight is 354 g/mol. The van der Waals surface area contributed by atoms with Crippen molar-refractivity contribution in [2.24, 2.45) is 0 Å². The van der Waals surface area contributed by atoms with Crippen LogP contribution in [-0.4, -0.2) is 25.8 Å². The highest BCUT2D eigenvalue weighted by Crippen LogP contribution is 2.44. The fraction of sp³-hybridized carbons (Fsp3) is 0.294. The molecule has 0 amide bonds. The summed E-state index contributed by atoms with van der Waals surface area (Å²) < 4.78 is 5.98. The highest BCUT2D eigenvalue weighted by molar-refractivity contribution is 7.99. The number of ether oxygens (including phenoxy) is 1. The first-order valence-corrected chi connectivity index (χ1v) is 8.87. The number of nitrogens with one attached hydrogen (secondary N) is 1. The van der Waals surface area contributed by atoms with Gasteiger partial charge in [-0.05, 0) is 17.7 Å². The van der Waals surface area contributed by atoms with Gasteiger partial charge < -0.3 is 10.1 Å². The predicted octanol–water partition coefficient (Wildman–Crippen LogP) is 4.82. The van der Waals surface area contributed by atoms with E-state index in [0.29, 0.717) is 10.0 Å². The lowest BCUT2D eigenvalue weighted by Gasteiger charge is -2.31. The fourth-order valence-corrected chi connectivity index (χ4v) is 4.40. The molecule has 1 saturated heterocycles. The zero-order valence-corrected chi connectivity index (χ0v) is 14.3. The minimum atomic E-state index is 0.0912. The van der Waals surface area contributed by atoms with Crippen LogP contribution in [0.2, 0.25) is 10.0 Å². The molecular formula is C17H17Cl2NOS. The van der Waals surface area contributed by atoms with Crippen molar-refractivity contribution in [2.75, 3.05) is 19.7 Å². The van der Waals surface area contributed by atoms with Crippen LogP contribution in [0.4, 0.5) is 0 Å². The summed E-state index contributed by atoms with van der Waals surface area (Å²) in [5, 5.41) is 4.91. The Bertz CT molecular complexity index is 597. The van der Waals surface area contributed by atoms with Crippen LogP contribution in [0, 0.1) is 0 Å². The Morgan fingerprint density at radius 2 is 1.77 bits per heavy atom. The number of thioether (sulfide) groups is 1. The van der Waals surface area contributed by atoms with Crippen molar-refractivity contribution < 1.29 is 4.74 Å². The van der Waals surface area contributed by atoms with Gasteiger partial charge in [0.2, 0.25) is 0 Å². The maximum atomic E-state index is 6.34. The first-order chi connectivity index (χ1) is 10.8. The van der Waals surface area contributed by atoms with Gasteiger partial charge in [-0.3, -0.25) is 0 Å². The third kappa shape index (κ3) is 3.79. The molecule has 0 saturated carbocycles. The quantitative estimate of drug-likeness (QED) is 0.796. The molecule has 2 aromatic carbocycles. The van der Waals surface area contributed by atoms with Gasteiger partial charge in [-0.1, -0.05) is 59.6 Å². The highest BCUT2D eigenvalue weighted by Gasteiger charge is 2.28. The Kier molecular flexibility index (Phi) is 5.66. The average Bonchev–Trinajstić information content (AvgIpc) is 2.56. The lowest BCUT2D eigenvalue weighted by atomic mass is 10.1. The lowest BCUT2D eigenvalue weighted by Crippen LogP contribution is -2.41. The number of morpholine rings is 1. The Balaban J connectivity index is 1.91. The molecule has 2 aromatic rings. The first kappa shape index (κ1) is 16.2. The van der Waals surface area contributed by atoms with E-state index < -0.39 is 0 Å². The van der Waals surface area contributed by atoms with E-state index in [9.17, 15) is 0 Å². The van der Waals surface area contributed by atoms with Crippen molar-refractivity contribution in [3.05, 3.63) is 64.1 Å². The molecule has 2 nitrogen and oxygen atoms in total. The van der Waals surface area contributed by atoms with Crippen LogP contribution in [0.1, 0.15) is 10.8 Å². The van der Waals surface area contributed by atoms with Crippen molar-refractivity contribution in [3.63, 3.8) is 0 Å². The molecule has 0 radical (unpaired) electrons. The van der Waals surface area contributed by atoms with Gasteiger partial charge in [0.05, 0.1) is 28.0 Å². The summed E-state index contributed by atoms with van der Waals surface area (Å²) in [5.41, 5.74) is 1.22. The monoisotopic (exact) mass is 353 g/mol. The number of hydrogen-bond donors (Lipinski definition) is 1. The molecule has 1 aliphatic rings. The van der Waals surface area contributed by atoms with E-state index in [-0.39, 0.29) is 11.4 Å². The van der Waals surface area contributed by atoms with E-state index in [1.54, 1.807) is 11.8 Å². The molecule has 0 unspecified atom stereocenters. The maximum absolute atomic E-state index is 6.34. The largest absolute Gasteiger partial charge is 0.374 e. The molecule has 0 spiro atoms. The second-order valence-corrected chi connectivity index (χ2v) is 7.08. The lowest BCUT2D eigenvalue weighted by molar-refractivity contribution is 0.0273. The van der Waals surface area contributed by atoms with Crippen LogP contribution < -0.4 is 5.32 Å². The number of benzene rings is 2. The van der Waals surface area contributed by atoms with Gasteiger partial charge in [-0.25, -0.2) is 0 Å². The Morgan fingerprint density at radius 1 is 1.05 bits per heavy atom. The fourth-order valence-electron chi connectivity index (χ4n) is 2.50. The molecule has 22 heavy (non-hydrogen) atoms. The van der Waals surface area contributed by atoms with Crippen LogP contribution in [0.15, 0.2) is 53.4 Å². The molecule has 0 aromatic heterocycles. The Labute approximate surface area is 145 Å². The van der Waals surface area contributed by atoms with Crippen LogP contribution in [-0.2, 0) is 4.74 Å². The molecular weight excluding hydrogens is 337 g/mol. The van der Waals surface area contributed by atoms with Gasteiger partial charge in [0.25, 0.3) is 0 Å². The minimum absolute atomic E-state index is 0.0912. The zero-order chi connectivity index (χ0) is 15.4. The summed E-state index contributed by atoms with van der Waals surface area (Å²) in [6.45, 7) is 2.45. The summed E-state index contributed by atoms with van der Waals surface area (Å²) in [6, 6.07) is 16.0. The van der Waals surface area contributed by atoms with Crippen molar-refractivity contribution in [1.82, 2.24) is 5.32 Å². The zero-order valence-electron chi connectivity index (χ0n) is 12.0. The van der Waals surface area contributed by atoms with Gasteiger partial charge in [0, 0.05) is 18.0 Å². The van der Waals surface area contributed by atoms with Crippen molar-refractivity contribution in [3.8, 4) is 0 Å².